The number of ether oxygens (including phenoxy) is 1. The summed E-state index contributed by atoms with van der Waals surface area (Å²) < 4.78 is 4.97. The van der Waals surface area contributed by atoms with Crippen molar-refractivity contribution in [1.29, 1.82) is 0 Å². The maximum Gasteiger partial charge on any atom is 0.332 e. The number of hydrogen-bond donors (Lipinski definition) is 2. The van der Waals surface area contributed by atoms with Gasteiger partial charge in [0, 0.05) is 12.7 Å². The summed E-state index contributed by atoms with van der Waals surface area (Å²) in [5.41, 5.74) is 8.60. The van der Waals surface area contributed by atoms with Crippen LogP contribution in [0.25, 0.3) is 0 Å². The van der Waals surface area contributed by atoms with Gasteiger partial charge in [-0.25, -0.2) is 10.2 Å². The zero-order valence-corrected chi connectivity index (χ0v) is 8.43. The number of urea groups is 1. The molecule has 0 aliphatic carbocycles. The topological polar surface area (TPSA) is 76.7 Å². The number of methoxy groups -OCH3 is 1. The lowest BCUT2D eigenvalue weighted by atomic mass is 10.1. The van der Waals surface area contributed by atoms with Crippen molar-refractivity contribution in [3.63, 3.8) is 0 Å². The van der Waals surface area contributed by atoms with E-state index in [0.29, 0.717) is 12.3 Å². The summed E-state index contributed by atoms with van der Waals surface area (Å²) in [6.07, 6.45) is 0. The van der Waals surface area contributed by atoms with E-state index in [9.17, 15) is 4.79 Å². The van der Waals surface area contributed by atoms with Crippen LogP contribution < -0.4 is 11.2 Å². The van der Waals surface area contributed by atoms with Gasteiger partial charge in [-0.2, -0.15) is 5.10 Å². The van der Waals surface area contributed by atoms with Crippen LogP contribution in [-0.2, 0) is 4.74 Å². The van der Waals surface area contributed by atoms with Crippen molar-refractivity contribution in [2.45, 2.75) is 0 Å². The normalized spacial score (nSPS) is 11.1. The molecule has 0 spiro atoms. The lowest BCUT2D eigenvalue weighted by Gasteiger charge is -2.04. The van der Waals surface area contributed by atoms with Gasteiger partial charge in [0.15, 0.2) is 0 Å². The number of amides is 2. The van der Waals surface area contributed by atoms with Crippen LogP contribution >= 0.6 is 0 Å². The SMILES string of the molecule is COC/C(=N/NC(N)=O)c1ccccc1. The summed E-state index contributed by atoms with van der Waals surface area (Å²) in [5.74, 6) is 0. The maximum absolute atomic E-state index is 10.5. The Labute approximate surface area is 87.9 Å². The van der Waals surface area contributed by atoms with Crippen LogP contribution in [0, 0.1) is 0 Å². The monoisotopic (exact) mass is 207 g/mol. The molecule has 1 aromatic rings. The molecule has 15 heavy (non-hydrogen) atoms. The van der Waals surface area contributed by atoms with Crippen molar-refractivity contribution in [3.8, 4) is 0 Å². The fourth-order valence-electron chi connectivity index (χ4n) is 1.07. The summed E-state index contributed by atoms with van der Waals surface area (Å²) in [6, 6.07) is 8.71. The van der Waals surface area contributed by atoms with Crippen molar-refractivity contribution >= 4 is 11.7 Å². The number of hydrogen-bond acceptors (Lipinski definition) is 3. The van der Waals surface area contributed by atoms with Crippen molar-refractivity contribution < 1.29 is 9.53 Å². The van der Waals surface area contributed by atoms with Gasteiger partial charge in [-0.15, -0.1) is 0 Å². The Bertz CT molecular complexity index is 349. The molecular formula is C10H13N3O2. The highest BCUT2D eigenvalue weighted by atomic mass is 16.5. The van der Waals surface area contributed by atoms with Crippen LogP contribution in [0.3, 0.4) is 0 Å². The molecule has 0 bridgehead atoms. The van der Waals surface area contributed by atoms with Crippen molar-refractivity contribution in [2.24, 2.45) is 10.8 Å². The van der Waals surface area contributed by atoms with E-state index in [-0.39, 0.29) is 0 Å². The molecule has 5 nitrogen and oxygen atoms in total. The molecule has 0 unspecified atom stereocenters. The van der Waals surface area contributed by atoms with Gasteiger partial charge >= 0.3 is 6.03 Å². The van der Waals surface area contributed by atoms with Crippen LogP contribution in [0.5, 0.6) is 0 Å². The van der Waals surface area contributed by atoms with Crippen LogP contribution in [0.1, 0.15) is 5.56 Å². The summed E-state index contributed by atoms with van der Waals surface area (Å²) in [7, 11) is 1.56. The molecular weight excluding hydrogens is 194 g/mol. The molecule has 3 N–H and O–H groups in total. The van der Waals surface area contributed by atoms with E-state index in [0.717, 1.165) is 5.56 Å². The highest BCUT2D eigenvalue weighted by Gasteiger charge is 2.02. The first-order valence-corrected chi connectivity index (χ1v) is 4.40. The van der Waals surface area contributed by atoms with E-state index in [2.05, 4.69) is 10.5 Å². The Morgan fingerprint density at radius 3 is 2.67 bits per heavy atom. The molecule has 80 valence electrons. The number of benzene rings is 1. The quantitative estimate of drug-likeness (QED) is 0.563. The van der Waals surface area contributed by atoms with Gasteiger partial charge in [0.05, 0.1) is 12.3 Å². The Morgan fingerprint density at radius 2 is 2.13 bits per heavy atom. The first kappa shape index (κ1) is 11.2. The number of carbonyl (C=O) groups is 1. The largest absolute Gasteiger partial charge is 0.378 e. The van der Waals surface area contributed by atoms with Crippen LogP contribution in [0.15, 0.2) is 35.4 Å². The van der Waals surface area contributed by atoms with Gasteiger partial charge in [-0.05, 0) is 0 Å². The van der Waals surface area contributed by atoms with E-state index in [1.54, 1.807) is 7.11 Å². The molecule has 0 fully saturated rings. The maximum atomic E-state index is 10.5. The minimum Gasteiger partial charge on any atom is -0.378 e. The first-order valence-electron chi connectivity index (χ1n) is 4.40. The summed E-state index contributed by atoms with van der Waals surface area (Å²) >= 11 is 0. The molecule has 5 heteroatoms. The molecule has 0 heterocycles. The smallest absolute Gasteiger partial charge is 0.332 e. The average Bonchev–Trinajstić information content (AvgIpc) is 2.25. The van der Waals surface area contributed by atoms with Crippen molar-refractivity contribution in [2.75, 3.05) is 13.7 Å². The lowest BCUT2D eigenvalue weighted by molar-refractivity contribution is 0.243. The van der Waals surface area contributed by atoms with E-state index < -0.39 is 6.03 Å². The number of primary amides is 1. The molecule has 1 rings (SSSR count). The third kappa shape index (κ3) is 3.78. The Morgan fingerprint density at radius 1 is 1.47 bits per heavy atom. The molecule has 1 aromatic carbocycles. The predicted molar refractivity (Wildman–Crippen MR) is 57.6 cm³/mol. The van der Waals surface area contributed by atoms with E-state index in [1.807, 2.05) is 30.3 Å². The first-order chi connectivity index (χ1) is 7.24. The van der Waals surface area contributed by atoms with Crippen LogP contribution in [-0.4, -0.2) is 25.5 Å². The van der Waals surface area contributed by atoms with Crippen LogP contribution in [0.2, 0.25) is 0 Å². The average molecular weight is 207 g/mol. The highest BCUT2D eigenvalue weighted by Crippen LogP contribution is 2.01. The standard InChI is InChI=1S/C10H13N3O2/c1-15-7-9(12-13-10(11)14)8-5-3-2-4-6-8/h2-6H,7H2,1H3,(H3,11,13,14)/b12-9-. The number of nitrogens with zero attached hydrogens (tertiary/aromatic N) is 1. The molecule has 0 radical (unpaired) electrons. The van der Waals surface area contributed by atoms with E-state index in [4.69, 9.17) is 10.5 Å². The fraction of sp³-hybridized carbons (Fsp3) is 0.200. The van der Waals surface area contributed by atoms with Crippen molar-refractivity contribution in [1.82, 2.24) is 5.43 Å². The molecule has 0 aliphatic rings. The van der Waals surface area contributed by atoms with Crippen LogP contribution in [0.4, 0.5) is 4.79 Å². The van der Waals surface area contributed by atoms with Gasteiger partial charge < -0.3 is 10.5 Å². The second-order valence-corrected chi connectivity index (χ2v) is 2.83. The van der Waals surface area contributed by atoms with Gasteiger partial charge in [0.1, 0.15) is 0 Å². The fourth-order valence-corrected chi connectivity index (χ4v) is 1.07. The number of hydrazone groups is 1. The number of carbonyl (C=O) groups excluding carboxylic acids is 1. The van der Waals surface area contributed by atoms with Gasteiger partial charge in [-0.1, -0.05) is 30.3 Å². The van der Waals surface area contributed by atoms with Gasteiger partial charge in [-0.3, -0.25) is 0 Å². The lowest BCUT2D eigenvalue weighted by Crippen LogP contribution is -2.27. The molecule has 0 aromatic heterocycles. The number of nitrogens with two attached hydrogens (primary N) is 1. The molecule has 0 saturated carbocycles. The minimum absolute atomic E-state index is 0.310. The van der Waals surface area contributed by atoms with E-state index in [1.165, 1.54) is 0 Å². The Balaban J connectivity index is 2.83. The van der Waals surface area contributed by atoms with Gasteiger partial charge in [0.25, 0.3) is 0 Å². The summed E-state index contributed by atoms with van der Waals surface area (Å²) in [4.78, 5) is 10.5. The van der Waals surface area contributed by atoms with Gasteiger partial charge in [0.2, 0.25) is 0 Å². The third-order valence-electron chi connectivity index (χ3n) is 1.69. The Hall–Kier alpha value is -1.88. The minimum atomic E-state index is -0.695. The molecule has 0 atom stereocenters. The second-order valence-electron chi connectivity index (χ2n) is 2.83. The number of nitrogens with one attached hydrogen (secondary N) is 1. The molecule has 0 aliphatic heterocycles. The molecule has 2 amide bonds. The highest BCUT2D eigenvalue weighted by molar-refractivity contribution is 6.01. The molecule has 0 saturated heterocycles. The predicted octanol–water partition coefficient (Wildman–Crippen LogP) is 0.705. The third-order valence-corrected chi connectivity index (χ3v) is 1.69. The summed E-state index contributed by atoms with van der Waals surface area (Å²) in [6.45, 7) is 0.310. The zero-order valence-electron chi connectivity index (χ0n) is 8.43. The zero-order chi connectivity index (χ0) is 11.1. The van der Waals surface area contributed by atoms with Crippen molar-refractivity contribution in [3.05, 3.63) is 35.9 Å². The number of rotatable bonds is 4. The van der Waals surface area contributed by atoms with E-state index >= 15 is 0 Å². The summed E-state index contributed by atoms with van der Waals surface area (Å²) in [5, 5.41) is 3.85. The Kier molecular flexibility index (Phi) is 4.30. The second kappa shape index (κ2) is 5.77.